The molecule has 0 aliphatic carbocycles. The Kier molecular flexibility index (Phi) is 14.5. The van der Waals surface area contributed by atoms with Gasteiger partial charge >= 0.3 is 5.97 Å². The van der Waals surface area contributed by atoms with E-state index in [4.69, 9.17) is 10.8 Å². The van der Waals surface area contributed by atoms with E-state index in [1.54, 1.807) is 0 Å². The molecule has 0 aromatic carbocycles. The number of aliphatic carboxylic acids is 1. The molecule has 0 aromatic rings. The van der Waals surface area contributed by atoms with Crippen LogP contribution in [0.15, 0.2) is 0 Å². The van der Waals surface area contributed by atoms with E-state index in [0.717, 1.165) is 19.3 Å². The van der Waals surface area contributed by atoms with E-state index in [1.165, 1.54) is 38.5 Å². The normalized spacial score (nSPS) is 13.4. The first-order chi connectivity index (χ1) is 11.5. The summed E-state index contributed by atoms with van der Waals surface area (Å²) in [7, 11) is 0. The number of hydrogen-bond acceptors (Lipinski definition) is 5. The molecule has 24 heavy (non-hydrogen) atoms. The predicted octanol–water partition coefficient (Wildman–Crippen LogP) is 2.78. The van der Waals surface area contributed by atoms with Crippen molar-refractivity contribution < 1.29 is 19.5 Å². The maximum Gasteiger partial charge on any atom is 0.321 e. The Morgan fingerprint density at radius 1 is 1.04 bits per heavy atom. The van der Waals surface area contributed by atoms with Gasteiger partial charge in [0.1, 0.15) is 18.1 Å². The molecule has 2 unspecified atom stereocenters. The minimum atomic E-state index is -1.14. The molecule has 140 valence electrons. The van der Waals surface area contributed by atoms with Gasteiger partial charge in [0.2, 0.25) is 0 Å². The number of nitrogens with two attached hydrogens (primary N) is 1. The van der Waals surface area contributed by atoms with Gasteiger partial charge < -0.3 is 15.6 Å². The Morgan fingerprint density at radius 3 is 2.08 bits per heavy atom. The highest BCUT2D eigenvalue weighted by Crippen LogP contribution is 2.11. The molecule has 0 rings (SSSR count). The summed E-state index contributed by atoms with van der Waals surface area (Å²) in [6.07, 6.45) is 11.0. The molecule has 0 fully saturated rings. The van der Waals surface area contributed by atoms with Crippen molar-refractivity contribution in [3.63, 3.8) is 0 Å². The molecule has 0 spiro atoms. The number of carbonyl (C=O) groups excluding carboxylic acids is 2. The molecule has 0 saturated carbocycles. The molecule has 0 radical (unpaired) electrons. The fourth-order valence-electron chi connectivity index (χ4n) is 2.63. The minimum Gasteiger partial charge on any atom is -0.480 e. The first kappa shape index (κ1) is 22.7. The molecule has 0 bridgehead atoms. The van der Waals surface area contributed by atoms with E-state index < -0.39 is 18.2 Å². The summed E-state index contributed by atoms with van der Waals surface area (Å²) >= 11 is 0. The number of carbonyl (C=O) groups is 3. The van der Waals surface area contributed by atoms with E-state index in [-0.39, 0.29) is 18.6 Å². The highest BCUT2D eigenvalue weighted by Gasteiger charge is 2.20. The van der Waals surface area contributed by atoms with Crippen LogP contribution < -0.4 is 11.1 Å². The lowest BCUT2D eigenvalue weighted by molar-refractivity contribution is -0.140. The van der Waals surface area contributed by atoms with Crippen molar-refractivity contribution in [2.75, 3.05) is 0 Å². The standard InChI is InChI=1S/C18H34N2O4/c1-2-3-4-5-6-7-8-9-10-11-15(22)14-17(19)20-16(12-13-21)18(23)24/h13,16-17,20H,2-12,14,19H2,1H3,(H,23,24). The summed E-state index contributed by atoms with van der Waals surface area (Å²) in [4.78, 5) is 33.2. The van der Waals surface area contributed by atoms with Gasteiger partial charge in [0.05, 0.1) is 6.17 Å². The number of hydrogen-bond donors (Lipinski definition) is 3. The van der Waals surface area contributed by atoms with Crippen molar-refractivity contribution in [1.82, 2.24) is 5.32 Å². The number of rotatable bonds is 17. The van der Waals surface area contributed by atoms with Gasteiger partial charge in [0, 0.05) is 19.3 Å². The molecule has 4 N–H and O–H groups in total. The van der Waals surface area contributed by atoms with Crippen molar-refractivity contribution >= 4 is 18.0 Å². The lowest BCUT2D eigenvalue weighted by Crippen LogP contribution is -2.48. The zero-order valence-electron chi connectivity index (χ0n) is 15.0. The molecule has 6 nitrogen and oxygen atoms in total. The van der Waals surface area contributed by atoms with Crippen LogP contribution in [0.3, 0.4) is 0 Å². The highest BCUT2D eigenvalue weighted by atomic mass is 16.4. The SMILES string of the molecule is CCCCCCCCCCCC(=O)CC(N)NC(CC=O)C(=O)O. The molecular formula is C18H34N2O4. The monoisotopic (exact) mass is 342 g/mol. The number of ketones is 1. The fraction of sp³-hybridized carbons (Fsp3) is 0.833. The molecule has 0 aliphatic heterocycles. The van der Waals surface area contributed by atoms with Crippen LogP contribution in [0.25, 0.3) is 0 Å². The van der Waals surface area contributed by atoms with Gasteiger partial charge in [-0.25, -0.2) is 0 Å². The Morgan fingerprint density at radius 2 is 1.58 bits per heavy atom. The third-order valence-corrected chi connectivity index (χ3v) is 4.05. The van der Waals surface area contributed by atoms with Gasteiger partial charge in [-0.1, -0.05) is 58.3 Å². The minimum absolute atomic E-state index is 0.0354. The van der Waals surface area contributed by atoms with Crippen LogP contribution in [-0.2, 0) is 14.4 Å². The van der Waals surface area contributed by atoms with Crippen molar-refractivity contribution in [3.8, 4) is 0 Å². The van der Waals surface area contributed by atoms with Crippen LogP contribution in [0.5, 0.6) is 0 Å². The van der Waals surface area contributed by atoms with E-state index in [2.05, 4.69) is 12.2 Å². The van der Waals surface area contributed by atoms with E-state index in [9.17, 15) is 14.4 Å². The molecule has 2 atom stereocenters. The summed E-state index contributed by atoms with van der Waals surface area (Å²) < 4.78 is 0. The van der Waals surface area contributed by atoms with Gasteiger partial charge in [-0.2, -0.15) is 0 Å². The second-order valence-corrected chi connectivity index (χ2v) is 6.39. The molecule has 0 heterocycles. The lowest BCUT2D eigenvalue weighted by atomic mass is 10.0. The number of unbranched alkanes of at least 4 members (excludes halogenated alkanes) is 8. The van der Waals surface area contributed by atoms with Gasteiger partial charge in [-0.05, 0) is 6.42 Å². The van der Waals surface area contributed by atoms with Crippen LogP contribution in [0.4, 0.5) is 0 Å². The Hall–Kier alpha value is -1.27. The molecule has 0 aromatic heterocycles. The predicted molar refractivity (Wildman–Crippen MR) is 94.7 cm³/mol. The summed E-state index contributed by atoms with van der Waals surface area (Å²) in [5.41, 5.74) is 5.74. The maximum absolute atomic E-state index is 11.8. The van der Waals surface area contributed by atoms with Crippen LogP contribution in [0, 0.1) is 0 Å². The number of aldehydes is 1. The fourth-order valence-corrected chi connectivity index (χ4v) is 2.63. The van der Waals surface area contributed by atoms with Gasteiger partial charge in [-0.15, -0.1) is 0 Å². The summed E-state index contributed by atoms with van der Waals surface area (Å²) in [5, 5.41) is 11.5. The zero-order chi connectivity index (χ0) is 18.2. The van der Waals surface area contributed by atoms with Crippen molar-refractivity contribution in [2.24, 2.45) is 5.73 Å². The highest BCUT2D eigenvalue weighted by molar-refractivity contribution is 5.79. The van der Waals surface area contributed by atoms with Crippen LogP contribution in [0.1, 0.15) is 84.0 Å². The molecular weight excluding hydrogens is 308 g/mol. The first-order valence-electron chi connectivity index (χ1n) is 9.21. The quantitative estimate of drug-likeness (QED) is 0.213. The third-order valence-electron chi connectivity index (χ3n) is 4.05. The Labute approximate surface area is 145 Å². The second-order valence-electron chi connectivity index (χ2n) is 6.39. The van der Waals surface area contributed by atoms with Crippen molar-refractivity contribution in [3.05, 3.63) is 0 Å². The van der Waals surface area contributed by atoms with Crippen molar-refractivity contribution in [1.29, 1.82) is 0 Å². The zero-order valence-corrected chi connectivity index (χ0v) is 15.0. The smallest absolute Gasteiger partial charge is 0.321 e. The lowest BCUT2D eigenvalue weighted by Gasteiger charge is -2.17. The van der Waals surface area contributed by atoms with E-state index >= 15 is 0 Å². The molecule has 0 amide bonds. The third kappa shape index (κ3) is 13.2. The summed E-state index contributed by atoms with van der Waals surface area (Å²) in [5.74, 6) is -1.10. The van der Waals surface area contributed by atoms with Gasteiger partial charge in [0.15, 0.2) is 0 Å². The summed E-state index contributed by atoms with van der Waals surface area (Å²) in [6, 6.07) is -1.03. The topological polar surface area (TPSA) is 109 Å². The van der Waals surface area contributed by atoms with Crippen LogP contribution >= 0.6 is 0 Å². The van der Waals surface area contributed by atoms with E-state index in [1.807, 2.05) is 0 Å². The Balaban J connectivity index is 3.67. The van der Waals surface area contributed by atoms with Crippen molar-refractivity contribution in [2.45, 2.75) is 96.2 Å². The molecule has 0 saturated heterocycles. The molecule has 0 aliphatic rings. The Bertz CT molecular complexity index is 361. The van der Waals surface area contributed by atoms with Crippen LogP contribution in [0.2, 0.25) is 0 Å². The number of Topliss-reactive ketones (excluding diaryl/α,β-unsaturated/α-hetero) is 1. The number of carboxylic acids is 1. The first-order valence-corrected chi connectivity index (χ1v) is 9.21. The summed E-state index contributed by atoms with van der Waals surface area (Å²) in [6.45, 7) is 2.21. The number of nitrogens with one attached hydrogen (secondary N) is 1. The second kappa shape index (κ2) is 15.3. The number of carboxylic acid groups (broad SMARTS) is 1. The van der Waals surface area contributed by atoms with Gasteiger partial charge in [0.25, 0.3) is 0 Å². The average molecular weight is 342 g/mol. The maximum atomic E-state index is 11.8. The molecule has 6 heteroatoms. The van der Waals surface area contributed by atoms with Crippen LogP contribution in [-0.4, -0.2) is 35.4 Å². The average Bonchev–Trinajstić information content (AvgIpc) is 2.52. The van der Waals surface area contributed by atoms with Gasteiger partial charge in [-0.3, -0.25) is 14.9 Å². The van der Waals surface area contributed by atoms with E-state index in [0.29, 0.717) is 12.7 Å². The largest absolute Gasteiger partial charge is 0.480 e.